The van der Waals surface area contributed by atoms with E-state index in [1.165, 1.54) is 6.07 Å². The van der Waals surface area contributed by atoms with Crippen LogP contribution in [0.1, 0.15) is 41.6 Å². The highest BCUT2D eigenvalue weighted by atomic mass is 35.5. The van der Waals surface area contributed by atoms with E-state index in [-0.39, 0.29) is 42.3 Å². The second-order valence-corrected chi connectivity index (χ2v) is 9.25. The van der Waals surface area contributed by atoms with Gasteiger partial charge in [-0.2, -0.15) is 5.10 Å². The lowest BCUT2D eigenvalue weighted by Gasteiger charge is -2.27. The van der Waals surface area contributed by atoms with Gasteiger partial charge in [0.15, 0.2) is 0 Å². The minimum absolute atomic E-state index is 0. The third kappa shape index (κ3) is 6.75. The highest BCUT2D eigenvalue weighted by molar-refractivity contribution is 5.96. The molecule has 13 heteroatoms. The Bertz CT molecular complexity index is 1250. The van der Waals surface area contributed by atoms with Gasteiger partial charge in [0, 0.05) is 30.3 Å². The number of nitrogen functional groups attached to an aromatic ring is 1. The molecule has 0 radical (unpaired) electrons. The molecule has 2 amide bonds. The van der Waals surface area contributed by atoms with Crippen LogP contribution in [0, 0.1) is 11.3 Å². The van der Waals surface area contributed by atoms with E-state index >= 15 is 0 Å². The molecule has 0 unspecified atom stereocenters. The second-order valence-electron chi connectivity index (χ2n) is 9.25. The van der Waals surface area contributed by atoms with Crippen molar-refractivity contribution in [2.24, 2.45) is 11.7 Å². The lowest BCUT2D eigenvalue weighted by atomic mass is 9.86. The number of nitrogens with two attached hydrogens (primary N) is 1. The van der Waals surface area contributed by atoms with Crippen molar-refractivity contribution in [3.05, 3.63) is 51.8 Å². The summed E-state index contributed by atoms with van der Waals surface area (Å²) >= 11 is 0. The average Bonchev–Trinajstić information content (AvgIpc) is 2.90. The van der Waals surface area contributed by atoms with E-state index in [1.54, 1.807) is 29.2 Å². The first-order chi connectivity index (χ1) is 17.7. The summed E-state index contributed by atoms with van der Waals surface area (Å²) in [4.78, 5) is 52.1. The number of benzene rings is 1. The molecule has 1 saturated heterocycles. The molecule has 204 valence electrons. The van der Waals surface area contributed by atoms with E-state index in [1.807, 2.05) is 0 Å². The van der Waals surface area contributed by atoms with Crippen LogP contribution in [0.4, 0.5) is 0 Å². The Hall–Kier alpha value is -3.77. The van der Waals surface area contributed by atoms with Crippen molar-refractivity contribution in [2.45, 2.75) is 38.3 Å². The highest BCUT2D eigenvalue weighted by Gasteiger charge is 2.28. The van der Waals surface area contributed by atoms with Gasteiger partial charge in [0.2, 0.25) is 5.91 Å². The average molecular weight is 547 g/mol. The number of aliphatic carboxylic acids is 1. The Morgan fingerprint density at radius 3 is 2.32 bits per heavy atom. The molecule has 2 heterocycles. The number of hydrogen-bond donors (Lipinski definition) is 4. The Morgan fingerprint density at radius 1 is 1.11 bits per heavy atom. The molecule has 0 spiro atoms. The summed E-state index contributed by atoms with van der Waals surface area (Å²) in [5.41, 5.74) is 6.08. The maximum Gasteiger partial charge on any atom is 0.306 e. The lowest BCUT2D eigenvalue weighted by Crippen LogP contribution is -2.45. The quantitative estimate of drug-likeness (QED) is 0.291. The first-order valence-electron chi connectivity index (χ1n) is 12.2. The number of nitrogens with one attached hydrogen (secondary N) is 2. The molecular formula is C25H31ClN6O6. The van der Waals surface area contributed by atoms with Crippen molar-refractivity contribution in [1.82, 2.24) is 20.0 Å². The largest absolute Gasteiger partial charge is 0.481 e. The van der Waals surface area contributed by atoms with Crippen LogP contribution < -0.4 is 16.6 Å². The number of aromatic nitrogens is 2. The molecule has 2 fully saturated rings. The zero-order valence-electron chi connectivity index (χ0n) is 20.7. The number of ether oxygens (including phenoxy) is 1. The summed E-state index contributed by atoms with van der Waals surface area (Å²) in [7, 11) is 0. The van der Waals surface area contributed by atoms with Gasteiger partial charge in [0.1, 0.15) is 17.9 Å². The Morgan fingerprint density at radius 2 is 1.74 bits per heavy atom. The summed E-state index contributed by atoms with van der Waals surface area (Å²) in [6.07, 6.45) is 1.89. The van der Waals surface area contributed by atoms with Crippen molar-refractivity contribution in [1.29, 1.82) is 5.41 Å². The Balaban J connectivity index is 0.00000400. The number of amides is 2. The molecule has 38 heavy (non-hydrogen) atoms. The number of carbonyl (C=O) groups is 3. The number of nitrogens with zero attached hydrogens (tertiary/aromatic N) is 3. The van der Waals surface area contributed by atoms with E-state index in [4.69, 9.17) is 15.9 Å². The highest BCUT2D eigenvalue weighted by Crippen LogP contribution is 2.25. The van der Waals surface area contributed by atoms with Gasteiger partial charge in [0.25, 0.3) is 11.5 Å². The van der Waals surface area contributed by atoms with Gasteiger partial charge in [0.05, 0.1) is 24.8 Å². The summed E-state index contributed by atoms with van der Waals surface area (Å²) in [5.74, 6) is -2.27. The van der Waals surface area contributed by atoms with E-state index in [0.717, 1.165) is 4.68 Å². The number of carboxylic acid groups (broad SMARTS) is 1. The lowest BCUT2D eigenvalue weighted by molar-refractivity contribution is -0.143. The monoisotopic (exact) mass is 546 g/mol. The maximum atomic E-state index is 13.3. The predicted octanol–water partition coefficient (Wildman–Crippen LogP) is 0.848. The molecule has 4 rings (SSSR count). The van der Waals surface area contributed by atoms with Gasteiger partial charge in [-0.25, -0.2) is 4.68 Å². The topological polar surface area (TPSA) is 181 Å². The fourth-order valence-corrected chi connectivity index (χ4v) is 4.56. The maximum absolute atomic E-state index is 13.3. The van der Waals surface area contributed by atoms with Crippen molar-refractivity contribution in [3.8, 4) is 11.3 Å². The fraction of sp³-hybridized carbons (Fsp3) is 0.440. The smallest absolute Gasteiger partial charge is 0.306 e. The zero-order valence-corrected chi connectivity index (χ0v) is 21.5. The molecule has 1 aliphatic carbocycles. The summed E-state index contributed by atoms with van der Waals surface area (Å²) in [6.45, 7) is 1.31. The second kappa shape index (κ2) is 12.7. The van der Waals surface area contributed by atoms with Gasteiger partial charge in [-0.05, 0) is 31.7 Å². The number of morpholine rings is 1. The van der Waals surface area contributed by atoms with Crippen LogP contribution in [0.15, 0.2) is 35.1 Å². The summed E-state index contributed by atoms with van der Waals surface area (Å²) in [5, 5.41) is 24.0. The van der Waals surface area contributed by atoms with Crippen LogP contribution in [0.5, 0.6) is 0 Å². The molecule has 5 N–H and O–H groups in total. The molecule has 1 saturated carbocycles. The molecule has 2 aromatic rings. The molecule has 1 aromatic carbocycles. The number of carboxylic acids is 1. The third-order valence-electron chi connectivity index (χ3n) is 6.77. The van der Waals surface area contributed by atoms with Crippen LogP contribution in [0.25, 0.3) is 11.3 Å². The number of rotatable bonds is 7. The summed E-state index contributed by atoms with van der Waals surface area (Å²) < 4.78 is 6.28. The third-order valence-corrected chi connectivity index (χ3v) is 6.77. The van der Waals surface area contributed by atoms with E-state index in [2.05, 4.69) is 10.4 Å². The van der Waals surface area contributed by atoms with Crippen molar-refractivity contribution in [3.63, 3.8) is 0 Å². The van der Waals surface area contributed by atoms with Crippen molar-refractivity contribution >= 4 is 36.0 Å². The number of halogens is 1. The first-order valence-corrected chi connectivity index (χ1v) is 12.2. The standard InChI is InChI=1S/C25H30N6O6.ClH/c26-22(27)16-3-1-15(2-4-16)20-13-19(23(33)28-18-7-5-17(6-8-18)25(35)36)24(34)31(29-20)14-21(32)30-9-11-37-12-10-30;/h1-4,13,17-18H,5-12,14H2,(H3,26,27)(H,28,33)(H,35,36);1H. The van der Waals surface area contributed by atoms with Gasteiger partial charge >= 0.3 is 5.97 Å². The SMILES string of the molecule is Cl.N=C(N)c1ccc(-c2cc(C(=O)NC3CCC(C(=O)O)CC3)c(=O)n(CC(=O)N3CCOCC3)n2)cc1. The minimum atomic E-state index is -0.841. The summed E-state index contributed by atoms with van der Waals surface area (Å²) in [6, 6.07) is 7.75. The first kappa shape index (κ1) is 28.8. The van der Waals surface area contributed by atoms with E-state index in [0.29, 0.717) is 68.8 Å². The number of amidine groups is 1. The van der Waals surface area contributed by atoms with E-state index in [9.17, 15) is 24.3 Å². The van der Waals surface area contributed by atoms with Crippen LogP contribution in [0.3, 0.4) is 0 Å². The van der Waals surface area contributed by atoms with Crippen LogP contribution in [-0.4, -0.2) is 75.8 Å². The van der Waals surface area contributed by atoms with E-state index < -0.39 is 23.4 Å². The normalized spacial score (nSPS) is 19.2. The van der Waals surface area contributed by atoms with Crippen LogP contribution >= 0.6 is 12.4 Å². The molecular weight excluding hydrogens is 516 g/mol. The van der Waals surface area contributed by atoms with Gasteiger partial charge in [-0.1, -0.05) is 24.3 Å². The van der Waals surface area contributed by atoms with Gasteiger partial charge < -0.3 is 25.8 Å². The van der Waals surface area contributed by atoms with Crippen molar-refractivity contribution in [2.75, 3.05) is 26.3 Å². The van der Waals surface area contributed by atoms with Crippen molar-refractivity contribution < 1.29 is 24.2 Å². The minimum Gasteiger partial charge on any atom is -0.481 e. The molecule has 0 bridgehead atoms. The number of carbonyl (C=O) groups excluding carboxylic acids is 2. The van der Waals surface area contributed by atoms with Crippen LogP contribution in [-0.2, 0) is 20.9 Å². The molecule has 0 atom stereocenters. The zero-order chi connectivity index (χ0) is 26.5. The Labute approximate surface area is 225 Å². The molecule has 2 aliphatic rings. The fourth-order valence-electron chi connectivity index (χ4n) is 4.56. The number of hydrogen-bond acceptors (Lipinski definition) is 7. The molecule has 1 aromatic heterocycles. The van der Waals surface area contributed by atoms with Gasteiger partial charge in [-0.3, -0.25) is 24.6 Å². The predicted molar refractivity (Wildman–Crippen MR) is 140 cm³/mol. The molecule has 1 aliphatic heterocycles. The Kier molecular flexibility index (Phi) is 9.59. The van der Waals surface area contributed by atoms with Gasteiger partial charge in [-0.15, -0.1) is 12.4 Å². The molecule has 12 nitrogen and oxygen atoms in total. The van der Waals surface area contributed by atoms with Crippen LogP contribution in [0.2, 0.25) is 0 Å².